The van der Waals surface area contributed by atoms with Crippen molar-refractivity contribution in [1.82, 2.24) is 5.01 Å². The van der Waals surface area contributed by atoms with Crippen molar-refractivity contribution in [2.24, 2.45) is 9.74 Å². The lowest BCUT2D eigenvalue weighted by Crippen LogP contribution is -2.52. The maximum absolute atomic E-state index is 13.3. The highest BCUT2D eigenvalue weighted by Gasteiger charge is 2.72. The Labute approximate surface area is 129 Å². The number of morpholine rings is 1. The number of sulfonamides is 1. The summed E-state index contributed by atoms with van der Waals surface area (Å²) in [5.74, 6) is 0. The Morgan fingerprint density at radius 1 is 1.04 bits per heavy atom. The minimum absolute atomic E-state index is 0.00927. The van der Waals surface area contributed by atoms with Crippen molar-refractivity contribution >= 4 is 10.0 Å². The van der Waals surface area contributed by atoms with E-state index in [2.05, 4.69) is 5.22 Å². The second kappa shape index (κ2) is 6.91. The second-order valence-corrected chi connectivity index (χ2v) is 5.84. The van der Waals surface area contributed by atoms with Crippen LogP contribution in [0, 0.1) is 0 Å². The summed E-state index contributed by atoms with van der Waals surface area (Å²) in [5.41, 5.74) is 0. The molecule has 0 atom stereocenters. The van der Waals surface area contributed by atoms with Gasteiger partial charge < -0.3 is 4.74 Å². The molecule has 0 N–H and O–H groups in total. The summed E-state index contributed by atoms with van der Waals surface area (Å²) in [4.78, 5) is 0. The minimum Gasteiger partial charge on any atom is -0.378 e. The van der Waals surface area contributed by atoms with Crippen molar-refractivity contribution in [2.75, 3.05) is 26.3 Å². The molecule has 16 heteroatoms. The van der Waals surface area contributed by atoms with Crippen LogP contribution in [0.25, 0.3) is 0 Å². The number of alkyl halides is 8. The summed E-state index contributed by atoms with van der Waals surface area (Å²) >= 11 is 0. The van der Waals surface area contributed by atoms with Crippen LogP contribution < -0.4 is 0 Å². The van der Waals surface area contributed by atoms with Crippen LogP contribution in [-0.4, -0.2) is 63.6 Å². The zero-order chi connectivity index (χ0) is 18.8. The van der Waals surface area contributed by atoms with E-state index in [0.717, 1.165) is 5.01 Å². The molecular weight excluding hydrogens is 386 g/mol. The van der Waals surface area contributed by atoms with Gasteiger partial charge in [0.15, 0.2) is 0 Å². The highest BCUT2D eigenvalue weighted by Crippen LogP contribution is 2.44. The lowest BCUT2D eigenvalue weighted by Gasteiger charge is -2.27. The fourth-order valence-corrected chi connectivity index (χ4v) is 1.86. The fourth-order valence-electron chi connectivity index (χ4n) is 1.22. The molecule has 0 aromatic carbocycles. The minimum atomic E-state index is -6.53. The molecule has 1 fully saturated rings. The largest absolute Gasteiger partial charge is 0.457 e. The summed E-state index contributed by atoms with van der Waals surface area (Å²) < 4.78 is 132. The lowest BCUT2D eigenvalue weighted by atomic mass is 10.5. The molecule has 0 radical (unpaired) electrons. The van der Waals surface area contributed by atoms with Crippen molar-refractivity contribution in [3.8, 4) is 0 Å². The van der Waals surface area contributed by atoms with Crippen molar-refractivity contribution in [1.29, 1.82) is 0 Å². The maximum Gasteiger partial charge on any atom is 0.457 e. The van der Waals surface area contributed by atoms with Crippen molar-refractivity contribution in [3.63, 3.8) is 0 Å². The van der Waals surface area contributed by atoms with Crippen molar-refractivity contribution in [2.45, 2.75) is 23.9 Å². The molecule has 0 saturated carbocycles. The van der Waals surface area contributed by atoms with E-state index < -0.39 is 33.9 Å². The molecule has 0 aromatic rings. The van der Waals surface area contributed by atoms with E-state index in [4.69, 9.17) is 4.74 Å². The normalized spacial score (nSPS) is 18.6. The van der Waals surface area contributed by atoms with Gasteiger partial charge in [-0.25, -0.2) is 13.5 Å². The molecule has 0 bridgehead atoms. The maximum atomic E-state index is 13.3. The highest BCUT2D eigenvalue weighted by molar-refractivity contribution is 7.91. The Balaban J connectivity index is 2.99. The fraction of sp³-hybridized carbons (Fsp3) is 1.00. The molecule has 1 heterocycles. The number of ether oxygens (including phenoxy) is 2. The summed E-state index contributed by atoms with van der Waals surface area (Å²) in [6.07, 6.45) is -17.4. The number of hydrogen-bond acceptors (Lipinski definition) is 5. The molecular formula is C8H9F8N3O4S. The molecule has 142 valence electrons. The van der Waals surface area contributed by atoms with Gasteiger partial charge in [0.1, 0.15) is 0 Å². The van der Waals surface area contributed by atoms with E-state index in [1.807, 2.05) is 9.26 Å². The summed E-state index contributed by atoms with van der Waals surface area (Å²) in [6.45, 7) is -0.202. The van der Waals surface area contributed by atoms with Crippen LogP contribution in [0.5, 0.6) is 0 Å². The standard InChI is InChI=1S/C8H9F8N3O4S/c9-5(10)6(11,12)23-7(13,14)8(15,16)24(20,21)18-17-19-1-3-22-4-2-19/h5H,1-4H2/b18-17+. The van der Waals surface area contributed by atoms with Crippen LogP contribution in [0.15, 0.2) is 9.74 Å². The number of nitrogens with zero attached hydrogens (tertiary/aromatic N) is 3. The van der Waals surface area contributed by atoms with E-state index in [1.54, 1.807) is 0 Å². The van der Waals surface area contributed by atoms with E-state index >= 15 is 0 Å². The first-order valence-electron chi connectivity index (χ1n) is 5.85. The van der Waals surface area contributed by atoms with Gasteiger partial charge in [-0.05, 0) is 4.52 Å². The monoisotopic (exact) mass is 395 g/mol. The van der Waals surface area contributed by atoms with Gasteiger partial charge in [-0.1, -0.05) is 5.22 Å². The van der Waals surface area contributed by atoms with Crippen LogP contribution >= 0.6 is 0 Å². The Morgan fingerprint density at radius 2 is 1.54 bits per heavy atom. The molecule has 0 spiro atoms. The third kappa shape index (κ3) is 4.41. The Kier molecular flexibility index (Phi) is 5.98. The Bertz CT molecular complexity index is 564. The number of hydrogen-bond donors (Lipinski definition) is 0. The van der Waals surface area contributed by atoms with E-state index in [9.17, 15) is 43.5 Å². The molecule has 0 amide bonds. The van der Waals surface area contributed by atoms with Gasteiger partial charge in [-0.15, -0.1) is 0 Å². The van der Waals surface area contributed by atoms with Gasteiger partial charge >= 0.3 is 33.9 Å². The first-order valence-corrected chi connectivity index (χ1v) is 7.29. The van der Waals surface area contributed by atoms with Crippen LogP contribution in [0.4, 0.5) is 35.1 Å². The smallest absolute Gasteiger partial charge is 0.378 e. The quantitative estimate of drug-likeness (QED) is 0.487. The molecule has 1 aliphatic heterocycles. The summed E-state index contributed by atoms with van der Waals surface area (Å²) in [5, 5.41) is -2.86. The molecule has 1 saturated heterocycles. The molecule has 0 aromatic heterocycles. The van der Waals surface area contributed by atoms with Gasteiger partial charge in [-0.2, -0.15) is 34.8 Å². The zero-order valence-electron chi connectivity index (χ0n) is 11.3. The summed E-state index contributed by atoms with van der Waals surface area (Å²) in [7, 11) is -6.53. The third-order valence-electron chi connectivity index (χ3n) is 2.44. The lowest BCUT2D eigenvalue weighted by molar-refractivity contribution is -0.435. The van der Waals surface area contributed by atoms with E-state index in [0.29, 0.717) is 0 Å². The first-order chi connectivity index (χ1) is 10.7. The van der Waals surface area contributed by atoms with Gasteiger partial charge in [-0.3, -0.25) is 5.01 Å². The first kappa shape index (κ1) is 20.8. The van der Waals surface area contributed by atoms with E-state index in [-0.39, 0.29) is 26.3 Å². The SMILES string of the molecule is O=S(=O)(/N=N/N1CCOCC1)C(F)(F)C(F)(F)OC(F)(F)C(F)F. The van der Waals surface area contributed by atoms with Crippen LogP contribution in [-0.2, 0) is 19.5 Å². The number of rotatable bonds is 7. The predicted octanol–water partition coefficient (Wildman–Crippen LogP) is 2.08. The molecule has 1 aliphatic rings. The topological polar surface area (TPSA) is 80.6 Å². The zero-order valence-corrected chi connectivity index (χ0v) is 12.1. The van der Waals surface area contributed by atoms with Crippen LogP contribution in [0.3, 0.4) is 0 Å². The highest BCUT2D eigenvalue weighted by atomic mass is 32.2. The Hall–Kier alpha value is -1.29. The molecule has 1 rings (SSSR count). The van der Waals surface area contributed by atoms with Crippen LogP contribution in [0.2, 0.25) is 0 Å². The van der Waals surface area contributed by atoms with Gasteiger partial charge in [0.05, 0.1) is 26.3 Å². The van der Waals surface area contributed by atoms with E-state index in [1.165, 1.54) is 0 Å². The van der Waals surface area contributed by atoms with Crippen molar-refractivity contribution in [3.05, 3.63) is 0 Å². The molecule has 0 aliphatic carbocycles. The molecule has 7 nitrogen and oxygen atoms in total. The Morgan fingerprint density at radius 3 is 2.00 bits per heavy atom. The van der Waals surface area contributed by atoms with Gasteiger partial charge in [0, 0.05) is 0 Å². The molecule has 0 unspecified atom stereocenters. The predicted molar refractivity (Wildman–Crippen MR) is 58.1 cm³/mol. The molecule has 24 heavy (non-hydrogen) atoms. The second-order valence-electron chi connectivity index (χ2n) is 4.21. The summed E-state index contributed by atoms with van der Waals surface area (Å²) in [6, 6.07) is 0. The van der Waals surface area contributed by atoms with Crippen molar-refractivity contribution < 1.29 is 53.0 Å². The number of halogens is 8. The van der Waals surface area contributed by atoms with Gasteiger partial charge in [0.25, 0.3) is 0 Å². The third-order valence-corrected chi connectivity index (χ3v) is 3.61. The van der Waals surface area contributed by atoms with Gasteiger partial charge in [0.2, 0.25) is 0 Å². The average Bonchev–Trinajstić information content (AvgIpc) is 2.44. The van der Waals surface area contributed by atoms with Crippen LogP contribution in [0.1, 0.15) is 0 Å². The average molecular weight is 395 g/mol.